The van der Waals surface area contributed by atoms with Crippen molar-refractivity contribution < 1.29 is 9.53 Å². The second-order valence-electron chi connectivity index (χ2n) is 5.51. The van der Waals surface area contributed by atoms with Gasteiger partial charge in [0.05, 0.1) is 7.11 Å². The van der Waals surface area contributed by atoms with Gasteiger partial charge in [-0.25, -0.2) is 0 Å². The number of anilines is 1. The van der Waals surface area contributed by atoms with Gasteiger partial charge in [0.1, 0.15) is 6.04 Å². The third-order valence-electron chi connectivity index (χ3n) is 3.78. The van der Waals surface area contributed by atoms with E-state index in [2.05, 4.69) is 36.3 Å². The number of nitrogens with one attached hydrogen (secondary N) is 1. The smallest absolute Gasteiger partial charge is 0.322 e. The SMILES string of the molecule is COC(=O)C(CCN(C)c1ccccc1C)NC1CC1. The third kappa shape index (κ3) is 3.97. The zero-order valence-corrected chi connectivity index (χ0v) is 12.6. The minimum Gasteiger partial charge on any atom is -0.468 e. The summed E-state index contributed by atoms with van der Waals surface area (Å²) in [5.74, 6) is -0.157. The van der Waals surface area contributed by atoms with Crippen LogP contribution in [0.5, 0.6) is 0 Å². The standard InChI is InChI=1S/C16H24N2O2/c1-12-6-4-5-7-15(12)18(2)11-10-14(16(19)20-3)17-13-8-9-13/h4-7,13-14,17H,8-11H2,1-3H3. The molecule has 0 aromatic heterocycles. The molecule has 0 bridgehead atoms. The summed E-state index contributed by atoms with van der Waals surface area (Å²) in [5, 5.41) is 3.36. The summed E-state index contributed by atoms with van der Waals surface area (Å²) in [4.78, 5) is 14.0. The largest absolute Gasteiger partial charge is 0.468 e. The molecule has 20 heavy (non-hydrogen) atoms. The van der Waals surface area contributed by atoms with Crippen molar-refractivity contribution in [2.24, 2.45) is 0 Å². The molecule has 0 saturated heterocycles. The van der Waals surface area contributed by atoms with Crippen LogP contribution in [-0.4, -0.2) is 38.8 Å². The van der Waals surface area contributed by atoms with Crippen LogP contribution in [0.4, 0.5) is 5.69 Å². The Balaban J connectivity index is 1.91. The van der Waals surface area contributed by atoms with E-state index in [0.717, 1.165) is 13.0 Å². The van der Waals surface area contributed by atoms with Crippen LogP contribution in [0.15, 0.2) is 24.3 Å². The quantitative estimate of drug-likeness (QED) is 0.775. The molecule has 2 rings (SSSR count). The maximum absolute atomic E-state index is 11.8. The lowest BCUT2D eigenvalue weighted by atomic mass is 10.1. The molecule has 1 atom stereocenters. The monoisotopic (exact) mass is 276 g/mol. The molecule has 0 radical (unpaired) electrons. The highest BCUT2D eigenvalue weighted by Crippen LogP contribution is 2.21. The molecule has 0 heterocycles. The van der Waals surface area contributed by atoms with Gasteiger partial charge in [-0.1, -0.05) is 18.2 Å². The zero-order valence-electron chi connectivity index (χ0n) is 12.6. The molecule has 1 unspecified atom stereocenters. The van der Waals surface area contributed by atoms with E-state index in [1.165, 1.54) is 31.2 Å². The second kappa shape index (κ2) is 6.75. The maximum atomic E-state index is 11.8. The maximum Gasteiger partial charge on any atom is 0.322 e. The average molecular weight is 276 g/mol. The van der Waals surface area contributed by atoms with Crippen LogP contribution in [0, 0.1) is 6.92 Å². The summed E-state index contributed by atoms with van der Waals surface area (Å²) < 4.78 is 4.88. The zero-order chi connectivity index (χ0) is 14.5. The molecule has 0 spiro atoms. The van der Waals surface area contributed by atoms with Crippen molar-refractivity contribution in [3.05, 3.63) is 29.8 Å². The summed E-state index contributed by atoms with van der Waals surface area (Å²) >= 11 is 0. The molecule has 1 aliphatic carbocycles. The molecule has 0 amide bonds. The number of carbonyl (C=O) groups is 1. The van der Waals surface area contributed by atoms with Crippen molar-refractivity contribution in [3.8, 4) is 0 Å². The molecule has 1 saturated carbocycles. The summed E-state index contributed by atoms with van der Waals surface area (Å²) in [5.41, 5.74) is 2.46. The number of aryl methyl sites for hydroxylation is 1. The first-order valence-corrected chi connectivity index (χ1v) is 7.22. The minimum atomic E-state index is -0.195. The van der Waals surface area contributed by atoms with Crippen molar-refractivity contribution >= 4 is 11.7 Å². The molecule has 0 aliphatic heterocycles. The van der Waals surface area contributed by atoms with Crippen LogP contribution in [0.3, 0.4) is 0 Å². The first kappa shape index (κ1) is 14.9. The van der Waals surface area contributed by atoms with E-state index >= 15 is 0 Å². The van der Waals surface area contributed by atoms with Gasteiger partial charge < -0.3 is 15.0 Å². The van der Waals surface area contributed by atoms with Gasteiger partial charge >= 0.3 is 5.97 Å². The van der Waals surface area contributed by atoms with Crippen molar-refractivity contribution in [1.29, 1.82) is 0 Å². The Morgan fingerprint density at radius 3 is 2.75 bits per heavy atom. The fraction of sp³-hybridized carbons (Fsp3) is 0.562. The van der Waals surface area contributed by atoms with Crippen LogP contribution in [0.2, 0.25) is 0 Å². The summed E-state index contributed by atoms with van der Waals surface area (Å²) in [6.07, 6.45) is 3.09. The molecule has 1 N–H and O–H groups in total. The van der Waals surface area contributed by atoms with E-state index in [1.54, 1.807) is 0 Å². The van der Waals surface area contributed by atoms with Gasteiger partial charge in [-0.15, -0.1) is 0 Å². The van der Waals surface area contributed by atoms with E-state index < -0.39 is 0 Å². The lowest BCUT2D eigenvalue weighted by Gasteiger charge is -2.24. The van der Waals surface area contributed by atoms with E-state index in [1.807, 2.05) is 12.1 Å². The van der Waals surface area contributed by atoms with Crippen LogP contribution in [0.25, 0.3) is 0 Å². The molecule has 4 heteroatoms. The fourth-order valence-electron chi connectivity index (χ4n) is 2.38. The summed E-state index contributed by atoms with van der Waals surface area (Å²) in [7, 11) is 3.52. The Labute approximate surface area is 121 Å². The van der Waals surface area contributed by atoms with Gasteiger partial charge in [-0.2, -0.15) is 0 Å². The van der Waals surface area contributed by atoms with Crippen LogP contribution in [-0.2, 0) is 9.53 Å². The molecule has 1 fully saturated rings. The molecule has 1 aromatic rings. The average Bonchev–Trinajstić information content (AvgIpc) is 3.26. The number of methoxy groups -OCH3 is 1. The Morgan fingerprint density at radius 2 is 2.15 bits per heavy atom. The van der Waals surface area contributed by atoms with Crippen molar-refractivity contribution in [2.45, 2.75) is 38.3 Å². The lowest BCUT2D eigenvalue weighted by Crippen LogP contribution is -2.41. The number of hydrogen-bond acceptors (Lipinski definition) is 4. The van der Waals surface area contributed by atoms with Crippen LogP contribution in [0.1, 0.15) is 24.8 Å². The fourth-order valence-corrected chi connectivity index (χ4v) is 2.38. The second-order valence-corrected chi connectivity index (χ2v) is 5.51. The van der Waals surface area contributed by atoms with Crippen molar-refractivity contribution in [3.63, 3.8) is 0 Å². The minimum absolute atomic E-state index is 0.157. The first-order chi connectivity index (χ1) is 9.61. The molecular weight excluding hydrogens is 252 g/mol. The first-order valence-electron chi connectivity index (χ1n) is 7.22. The third-order valence-corrected chi connectivity index (χ3v) is 3.78. The van der Waals surface area contributed by atoms with Crippen molar-refractivity contribution in [2.75, 3.05) is 25.6 Å². The summed E-state index contributed by atoms with van der Waals surface area (Å²) in [6.45, 7) is 2.93. The normalized spacial score (nSPS) is 15.8. The Morgan fingerprint density at radius 1 is 1.45 bits per heavy atom. The lowest BCUT2D eigenvalue weighted by molar-refractivity contribution is -0.143. The number of carbonyl (C=O) groups excluding carboxylic acids is 1. The number of esters is 1. The Hall–Kier alpha value is -1.55. The number of ether oxygens (including phenoxy) is 1. The number of para-hydroxylation sites is 1. The van der Waals surface area contributed by atoms with Crippen LogP contribution < -0.4 is 10.2 Å². The van der Waals surface area contributed by atoms with E-state index in [4.69, 9.17) is 4.74 Å². The van der Waals surface area contributed by atoms with E-state index in [-0.39, 0.29) is 12.0 Å². The number of nitrogens with zero attached hydrogens (tertiary/aromatic N) is 1. The predicted octanol–water partition coefficient (Wildman–Crippen LogP) is 2.11. The number of hydrogen-bond donors (Lipinski definition) is 1. The molecule has 4 nitrogen and oxygen atoms in total. The van der Waals surface area contributed by atoms with Gasteiger partial charge in [0.25, 0.3) is 0 Å². The number of rotatable bonds is 7. The Kier molecular flexibility index (Phi) is 5.01. The van der Waals surface area contributed by atoms with Crippen LogP contribution >= 0.6 is 0 Å². The van der Waals surface area contributed by atoms with Gasteiger partial charge in [0.2, 0.25) is 0 Å². The summed E-state index contributed by atoms with van der Waals surface area (Å²) in [6, 6.07) is 8.60. The molecular formula is C16H24N2O2. The van der Waals surface area contributed by atoms with Gasteiger partial charge in [0, 0.05) is 25.3 Å². The highest BCUT2D eigenvalue weighted by atomic mass is 16.5. The Bertz CT molecular complexity index is 458. The highest BCUT2D eigenvalue weighted by molar-refractivity contribution is 5.75. The molecule has 1 aliphatic rings. The molecule has 1 aromatic carbocycles. The van der Waals surface area contributed by atoms with E-state index in [0.29, 0.717) is 6.04 Å². The predicted molar refractivity (Wildman–Crippen MR) is 81.0 cm³/mol. The number of benzene rings is 1. The van der Waals surface area contributed by atoms with Gasteiger partial charge in [-0.3, -0.25) is 4.79 Å². The highest BCUT2D eigenvalue weighted by Gasteiger charge is 2.28. The topological polar surface area (TPSA) is 41.6 Å². The van der Waals surface area contributed by atoms with E-state index in [9.17, 15) is 4.79 Å². The van der Waals surface area contributed by atoms with Gasteiger partial charge in [-0.05, 0) is 37.8 Å². The van der Waals surface area contributed by atoms with Crippen molar-refractivity contribution in [1.82, 2.24) is 5.32 Å². The molecule has 110 valence electrons. The van der Waals surface area contributed by atoms with Gasteiger partial charge in [0.15, 0.2) is 0 Å².